The number of hydrogen-bond donors (Lipinski definition) is 0. The molecule has 8 heteroatoms. The number of hydrogen-bond acceptors (Lipinski definition) is 5. The largest absolute Gasteiger partial charge is 0.468 e. The molecule has 0 aliphatic carbocycles. The summed E-state index contributed by atoms with van der Waals surface area (Å²) in [5, 5.41) is 0. The first-order valence-electron chi connectivity index (χ1n) is 7.41. The van der Waals surface area contributed by atoms with Crippen LogP contribution in [-0.4, -0.2) is 31.8 Å². The van der Waals surface area contributed by atoms with Crippen molar-refractivity contribution < 1.29 is 37.0 Å². The lowest BCUT2D eigenvalue weighted by Gasteiger charge is -2.27. The average Bonchev–Trinajstić information content (AvgIpc) is 2.49. The highest BCUT2D eigenvalue weighted by Gasteiger charge is 2.40. The van der Waals surface area contributed by atoms with Gasteiger partial charge in [0.05, 0.1) is 12.7 Å². The van der Waals surface area contributed by atoms with E-state index < -0.39 is 41.3 Å². The van der Waals surface area contributed by atoms with Gasteiger partial charge in [-0.2, -0.15) is 13.2 Å². The van der Waals surface area contributed by atoms with Crippen LogP contribution >= 0.6 is 0 Å². The number of rotatable bonds is 5. The second kappa shape index (κ2) is 7.86. The van der Waals surface area contributed by atoms with E-state index in [-0.39, 0.29) is 5.56 Å². The normalized spacial score (nSPS) is 14.6. The monoisotopic (exact) mass is 362 g/mol. The summed E-state index contributed by atoms with van der Waals surface area (Å²) in [7, 11) is 2.34. The van der Waals surface area contributed by atoms with Gasteiger partial charge in [-0.3, -0.25) is 9.59 Å². The minimum Gasteiger partial charge on any atom is -0.468 e. The maximum absolute atomic E-state index is 12.7. The number of benzene rings is 1. The van der Waals surface area contributed by atoms with Crippen LogP contribution in [0.4, 0.5) is 13.2 Å². The Balaban J connectivity index is 3.21. The number of alkyl halides is 3. The quantitative estimate of drug-likeness (QED) is 0.592. The molecule has 1 rings (SSSR count). The van der Waals surface area contributed by atoms with Gasteiger partial charge in [-0.25, -0.2) is 0 Å². The van der Waals surface area contributed by atoms with E-state index in [0.29, 0.717) is 0 Å². The van der Waals surface area contributed by atoms with E-state index in [1.165, 1.54) is 7.11 Å². The molecule has 0 N–H and O–H groups in total. The van der Waals surface area contributed by atoms with E-state index in [2.05, 4.69) is 4.74 Å². The molecule has 0 heterocycles. The van der Waals surface area contributed by atoms with E-state index in [9.17, 15) is 22.8 Å². The molecule has 0 aliphatic heterocycles. The molecule has 0 bridgehead atoms. The number of halogens is 3. The molecule has 2 atom stereocenters. The van der Waals surface area contributed by atoms with Gasteiger partial charge in [-0.15, -0.1) is 0 Å². The molecule has 0 unspecified atom stereocenters. The Morgan fingerprint density at radius 2 is 1.48 bits per heavy atom. The zero-order valence-electron chi connectivity index (χ0n) is 14.6. The molecular formula is C17H21F3O5. The van der Waals surface area contributed by atoms with Crippen LogP contribution < -0.4 is 0 Å². The third-order valence-electron chi connectivity index (χ3n) is 3.24. The zero-order valence-corrected chi connectivity index (χ0v) is 14.6. The number of ether oxygens (including phenoxy) is 3. The summed E-state index contributed by atoms with van der Waals surface area (Å²) >= 11 is 0. The molecule has 0 fully saturated rings. The summed E-state index contributed by atoms with van der Waals surface area (Å²) in [6.45, 7) is 4.87. The van der Waals surface area contributed by atoms with Crippen LogP contribution in [0.3, 0.4) is 0 Å². The molecule has 0 saturated heterocycles. The van der Waals surface area contributed by atoms with Crippen LogP contribution in [0.25, 0.3) is 0 Å². The van der Waals surface area contributed by atoms with E-state index in [1.54, 1.807) is 20.8 Å². The van der Waals surface area contributed by atoms with Crippen molar-refractivity contribution in [1.82, 2.24) is 0 Å². The summed E-state index contributed by atoms with van der Waals surface area (Å²) in [6.07, 6.45) is -5.64. The topological polar surface area (TPSA) is 61.8 Å². The lowest BCUT2D eigenvalue weighted by atomic mass is 9.94. The Labute approximate surface area is 144 Å². The molecule has 0 aromatic heterocycles. The second-order valence-electron chi connectivity index (χ2n) is 6.31. The lowest BCUT2D eigenvalue weighted by molar-refractivity contribution is -0.175. The molecule has 0 radical (unpaired) electrons. The highest BCUT2D eigenvalue weighted by Crippen LogP contribution is 2.33. The Hall–Kier alpha value is -2.09. The van der Waals surface area contributed by atoms with Crippen molar-refractivity contribution in [1.29, 1.82) is 0 Å². The third kappa shape index (κ3) is 5.74. The number of carbonyl (C=O) groups is 2. The van der Waals surface area contributed by atoms with E-state index in [1.807, 2.05) is 0 Å². The van der Waals surface area contributed by atoms with Crippen LogP contribution in [0, 0.1) is 5.92 Å². The molecular weight excluding hydrogens is 341 g/mol. The molecule has 0 aliphatic rings. The summed E-state index contributed by atoms with van der Waals surface area (Å²) in [6, 6.07) is 4.00. The van der Waals surface area contributed by atoms with Crippen molar-refractivity contribution in [3.63, 3.8) is 0 Å². The second-order valence-corrected chi connectivity index (χ2v) is 6.31. The summed E-state index contributed by atoms with van der Waals surface area (Å²) in [4.78, 5) is 24.4. The highest BCUT2D eigenvalue weighted by molar-refractivity contribution is 5.96. The van der Waals surface area contributed by atoms with Gasteiger partial charge in [-0.05, 0) is 38.5 Å². The van der Waals surface area contributed by atoms with Crippen molar-refractivity contribution in [3.05, 3.63) is 35.4 Å². The Kier molecular flexibility index (Phi) is 6.59. The third-order valence-corrected chi connectivity index (χ3v) is 3.24. The van der Waals surface area contributed by atoms with E-state index >= 15 is 0 Å². The fourth-order valence-electron chi connectivity index (χ4n) is 2.16. The standard InChI is InChI=1S/C17H21F3O5/c1-16(2,3)25-15(22)12(14(21)24-5)13(23-4)10-6-8-11(9-7-10)17(18,19)20/h6-9,12-13H,1-5H3/t12-,13+/m0/s1. The van der Waals surface area contributed by atoms with Crippen LogP contribution in [-0.2, 0) is 30.0 Å². The van der Waals surface area contributed by atoms with Crippen molar-refractivity contribution >= 4 is 11.9 Å². The van der Waals surface area contributed by atoms with Crippen LogP contribution in [0.1, 0.15) is 38.0 Å². The van der Waals surface area contributed by atoms with Gasteiger partial charge in [0, 0.05) is 7.11 Å². The van der Waals surface area contributed by atoms with Crippen molar-refractivity contribution in [2.45, 2.75) is 38.7 Å². The average molecular weight is 362 g/mol. The van der Waals surface area contributed by atoms with Gasteiger partial charge < -0.3 is 14.2 Å². The first-order valence-corrected chi connectivity index (χ1v) is 7.41. The fraction of sp³-hybridized carbons (Fsp3) is 0.529. The first kappa shape index (κ1) is 21.0. The minimum atomic E-state index is -4.49. The van der Waals surface area contributed by atoms with Crippen molar-refractivity contribution in [2.75, 3.05) is 14.2 Å². The molecule has 1 aromatic carbocycles. The Bertz CT molecular complexity index is 602. The van der Waals surface area contributed by atoms with Gasteiger partial charge in [-0.1, -0.05) is 12.1 Å². The predicted molar refractivity (Wildman–Crippen MR) is 82.5 cm³/mol. The van der Waals surface area contributed by atoms with Crippen LogP contribution in [0.5, 0.6) is 0 Å². The molecule has 5 nitrogen and oxygen atoms in total. The number of esters is 2. The van der Waals surface area contributed by atoms with Gasteiger partial charge >= 0.3 is 18.1 Å². The van der Waals surface area contributed by atoms with Crippen LogP contribution in [0.2, 0.25) is 0 Å². The molecule has 0 amide bonds. The fourth-order valence-corrected chi connectivity index (χ4v) is 2.16. The smallest absolute Gasteiger partial charge is 0.416 e. The maximum Gasteiger partial charge on any atom is 0.416 e. The molecule has 1 aromatic rings. The summed E-state index contributed by atoms with van der Waals surface area (Å²) in [5.74, 6) is -3.25. The highest BCUT2D eigenvalue weighted by atomic mass is 19.4. The Morgan fingerprint density at radius 3 is 1.84 bits per heavy atom. The van der Waals surface area contributed by atoms with E-state index in [4.69, 9.17) is 9.47 Å². The summed E-state index contributed by atoms with van der Waals surface area (Å²) < 4.78 is 53.1. The molecule has 140 valence electrons. The van der Waals surface area contributed by atoms with Gasteiger partial charge in [0.1, 0.15) is 11.7 Å². The SMILES string of the molecule is COC(=O)[C@@H](C(=O)OC(C)(C)C)[C@H](OC)c1ccc(C(F)(F)F)cc1. The van der Waals surface area contributed by atoms with Gasteiger partial charge in [0.15, 0.2) is 5.92 Å². The summed E-state index contributed by atoms with van der Waals surface area (Å²) in [5.41, 5.74) is -1.49. The zero-order chi connectivity index (χ0) is 19.4. The lowest BCUT2D eigenvalue weighted by Crippen LogP contribution is -2.37. The first-order chi connectivity index (χ1) is 11.4. The van der Waals surface area contributed by atoms with E-state index in [0.717, 1.165) is 31.4 Å². The molecule has 25 heavy (non-hydrogen) atoms. The predicted octanol–water partition coefficient (Wildman–Crippen LogP) is 3.52. The maximum atomic E-state index is 12.7. The molecule has 0 spiro atoms. The van der Waals surface area contributed by atoms with Crippen molar-refractivity contribution in [3.8, 4) is 0 Å². The Morgan fingerprint density at radius 1 is 0.960 bits per heavy atom. The van der Waals surface area contributed by atoms with Crippen molar-refractivity contribution in [2.24, 2.45) is 5.92 Å². The number of methoxy groups -OCH3 is 2. The van der Waals surface area contributed by atoms with Gasteiger partial charge in [0.25, 0.3) is 0 Å². The molecule has 0 saturated carbocycles. The van der Waals surface area contributed by atoms with Gasteiger partial charge in [0.2, 0.25) is 0 Å². The van der Waals surface area contributed by atoms with Crippen LogP contribution in [0.15, 0.2) is 24.3 Å². The number of carbonyl (C=O) groups excluding carboxylic acids is 2. The minimum absolute atomic E-state index is 0.219.